The highest BCUT2D eigenvalue weighted by molar-refractivity contribution is 7.98. The van der Waals surface area contributed by atoms with Crippen molar-refractivity contribution in [2.75, 3.05) is 12.8 Å². The lowest BCUT2D eigenvalue weighted by Crippen LogP contribution is -2.27. The fourth-order valence-electron chi connectivity index (χ4n) is 1.64. The van der Waals surface area contributed by atoms with E-state index in [1.54, 1.807) is 11.8 Å². The molecule has 70 valence electrons. The Hall–Kier alpha value is -0.510. The lowest BCUT2D eigenvalue weighted by molar-refractivity contribution is 0.165. The van der Waals surface area contributed by atoms with E-state index >= 15 is 0 Å². The third-order valence-electron chi connectivity index (χ3n) is 2.36. The molecule has 0 bridgehead atoms. The Morgan fingerprint density at radius 1 is 1.54 bits per heavy atom. The first-order valence-electron chi connectivity index (χ1n) is 4.37. The molecule has 1 aliphatic rings. The topological polar surface area (TPSA) is 32.3 Å². The summed E-state index contributed by atoms with van der Waals surface area (Å²) >= 11 is 1.73. The Morgan fingerprint density at radius 2 is 2.38 bits per heavy atom. The molecule has 0 spiro atoms. The van der Waals surface area contributed by atoms with Crippen LogP contribution in [0, 0.1) is 0 Å². The van der Waals surface area contributed by atoms with Crippen LogP contribution in [0.1, 0.15) is 17.2 Å². The summed E-state index contributed by atoms with van der Waals surface area (Å²) in [5, 5.41) is 12.8. The van der Waals surface area contributed by atoms with Crippen molar-refractivity contribution in [3.63, 3.8) is 0 Å². The molecule has 1 atom stereocenters. The van der Waals surface area contributed by atoms with Crippen LogP contribution in [0.2, 0.25) is 0 Å². The Balaban J connectivity index is 2.39. The molecular formula is C10H13NOS. The predicted octanol–water partition coefficient (Wildman–Crippen LogP) is 1.55. The first-order valence-corrected chi connectivity index (χ1v) is 5.59. The van der Waals surface area contributed by atoms with Gasteiger partial charge in [0.1, 0.15) is 0 Å². The molecule has 2 N–H and O–H groups in total. The van der Waals surface area contributed by atoms with Crippen LogP contribution in [-0.2, 0) is 6.54 Å². The summed E-state index contributed by atoms with van der Waals surface area (Å²) in [6.07, 6.45) is 1.73. The summed E-state index contributed by atoms with van der Waals surface area (Å²) in [6.45, 7) is 1.55. The molecular weight excluding hydrogens is 182 g/mol. The molecule has 13 heavy (non-hydrogen) atoms. The van der Waals surface area contributed by atoms with Crippen LogP contribution in [-0.4, -0.2) is 17.9 Å². The van der Waals surface area contributed by atoms with E-state index in [2.05, 4.69) is 23.7 Å². The highest BCUT2D eigenvalue weighted by Crippen LogP contribution is 2.26. The number of nitrogens with one attached hydrogen (secondary N) is 1. The van der Waals surface area contributed by atoms with Crippen LogP contribution in [0.25, 0.3) is 0 Å². The number of hydrogen-bond acceptors (Lipinski definition) is 3. The molecule has 1 aliphatic heterocycles. The van der Waals surface area contributed by atoms with E-state index in [1.165, 1.54) is 10.5 Å². The number of fused-ring (bicyclic) bond motifs is 1. The minimum atomic E-state index is -0.334. The standard InChI is InChI=1S/C10H13NOS/c1-13-8-2-3-9-7(4-8)5-11-6-10(9)12/h2-4,10-12H,5-6H2,1H3. The van der Waals surface area contributed by atoms with E-state index in [1.807, 2.05) is 6.07 Å². The van der Waals surface area contributed by atoms with Crippen molar-refractivity contribution in [3.8, 4) is 0 Å². The summed E-state index contributed by atoms with van der Waals surface area (Å²) in [7, 11) is 0. The Kier molecular flexibility index (Phi) is 2.58. The van der Waals surface area contributed by atoms with E-state index in [-0.39, 0.29) is 6.10 Å². The largest absolute Gasteiger partial charge is 0.387 e. The zero-order valence-electron chi connectivity index (χ0n) is 7.58. The molecule has 2 nitrogen and oxygen atoms in total. The van der Waals surface area contributed by atoms with Gasteiger partial charge in [0.05, 0.1) is 6.10 Å². The third kappa shape index (κ3) is 1.73. The summed E-state index contributed by atoms with van der Waals surface area (Å²) in [5.41, 5.74) is 2.31. The Morgan fingerprint density at radius 3 is 3.15 bits per heavy atom. The van der Waals surface area contributed by atoms with Crippen molar-refractivity contribution in [1.82, 2.24) is 5.32 Å². The zero-order chi connectivity index (χ0) is 9.26. The molecule has 0 amide bonds. The molecule has 0 saturated heterocycles. The number of hydrogen-bond donors (Lipinski definition) is 2. The minimum absolute atomic E-state index is 0.334. The fourth-order valence-corrected chi connectivity index (χ4v) is 2.11. The second kappa shape index (κ2) is 3.70. The molecule has 1 heterocycles. The van der Waals surface area contributed by atoms with Crippen LogP contribution in [0.3, 0.4) is 0 Å². The molecule has 1 aromatic carbocycles. The average Bonchev–Trinajstić information content (AvgIpc) is 2.18. The average molecular weight is 195 g/mol. The predicted molar refractivity (Wildman–Crippen MR) is 54.9 cm³/mol. The number of benzene rings is 1. The van der Waals surface area contributed by atoms with E-state index in [4.69, 9.17) is 0 Å². The minimum Gasteiger partial charge on any atom is -0.387 e. The number of aliphatic hydroxyl groups is 1. The number of rotatable bonds is 1. The monoisotopic (exact) mass is 195 g/mol. The second-order valence-corrected chi connectivity index (χ2v) is 4.09. The van der Waals surface area contributed by atoms with Crippen LogP contribution in [0.4, 0.5) is 0 Å². The van der Waals surface area contributed by atoms with Gasteiger partial charge in [0, 0.05) is 18.0 Å². The van der Waals surface area contributed by atoms with Gasteiger partial charge in [-0.15, -0.1) is 11.8 Å². The number of thioether (sulfide) groups is 1. The van der Waals surface area contributed by atoms with Crippen molar-refractivity contribution >= 4 is 11.8 Å². The molecule has 3 heteroatoms. The molecule has 0 fully saturated rings. The summed E-state index contributed by atoms with van der Waals surface area (Å²) in [6, 6.07) is 6.25. The highest BCUT2D eigenvalue weighted by atomic mass is 32.2. The van der Waals surface area contributed by atoms with Gasteiger partial charge in [0.25, 0.3) is 0 Å². The van der Waals surface area contributed by atoms with Crippen molar-refractivity contribution in [2.24, 2.45) is 0 Å². The van der Waals surface area contributed by atoms with Gasteiger partial charge in [-0.3, -0.25) is 0 Å². The quantitative estimate of drug-likeness (QED) is 0.667. The molecule has 0 saturated carbocycles. The van der Waals surface area contributed by atoms with Crippen molar-refractivity contribution in [3.05, 3.63) is 29.3 Å². The lowest BCUT2D eigenvalue weighted by atomic mass is 9.99. The smallest absolute Gasteiger partial charge is 0.0917 e. The van der Waals surface area contributed by atoms with Crippen molar-refractivity contribution < 1.29 is 5.11 Å². The van der Waals surface area contributed by atoms with Gasteiger partial charge in [-0.2, -0.15) is 0 Å². The van der Waals surface area contributed by atoms with Gasteiger partial charge in [0.2, 0.25) is 0 Å². The third-order valence-corrected chi connectivity index (χ3v) is 3.09. The Labute approximate surface area is 82.4 Å². The Bertz CT molecular complexity index is 314. The molecule has 0 aliphatic carbocycles. The maximum absolute atomic E-state index is 9.66. The molecule has 0 aromatic heterocycles. The van der Waals surface area contributed by atoms with Gasteiger partial charge < -0.3 is 10.4 Å². The molecule has 0 radical (unpaired) electrons. The maximum Gasteiger partial charge on any atom is 0.0917 e. The lowest BCUT2D eigenvalue weighted by Gasteiger charge is -2.22. The fraction of sp³-hybridized carbons (Fsp3) is 0.400. The van der Waals surface area contributed by atoms with Gasteiger partial charge in [-0.05, 0) is 29.5 Å². The maximum atomic E-state index is 9.66. The summed E-state index contributed by atoms with van der Waals surface area (Å²) < 4.78 is 0. The normalized spacial score (nSPS) is 21.2. The van der Waals surface area contributed by atoms with Gasteiger partial charge >= 0.3 is 0 Å². The van der Waals surface area contributed by atoms with Crippen LogP contribution in [0.15, 0.2) is 23.1 Å². The summed E-state index contributed by atoms with van der Waals surface area (Å²) in [4.78, 5) is 1.26. The van der Waals surface area contributed by atoms with E-state index in [9.17, 15) is 5.11 Å². The van der Waals surface area contributed by atoms with E-state index < -0.39 is 0 Å². The molecule has 1 aromatic rings. The number of β-amino-alcohol motifs (C(OH)–C–C–N with tert-alkyl or cyclic N) is 1. The summed E-state index contributed by atoms with van der Waals surface area (Å²) in [5.74, 6) is 0. The van der Waals surface area contributed by atoms with Crippen LogP contribution >= 0.6 is 11.8 Å². The van der Waals surface area contributed by atoms with E-state index in [0.29, 0.717) is 6.54 Å². The highest BCUT2D eigenvalue weighted by Gasteiger charge is 2.16. The molecule has 1 unspecified atom stereocenters. The zero-order valence-corrected chi connectivity index (χ0v) is 8.40. The van der Waals surface area contributed by atoms with Crippen molar-refractivity contribution in [2.45, 2.75) is 17.5 Å². The van der Waals surface area contributed by atoms with Gasteiger partial charge in [-0.1, -0.05) is 6.07 Å². The van der Waals surface area contributed by atoms with Crippen molar-refractivity contribution in [1.29, 1.82) is 0 Å². The SMILES string of the molecule is CSc1ccc2c(c1)CNCC2O. The van der Waals surface area contributed by atoms with Gasteiger partial charge in [0.15, 0.2) is 0 Å². The number of aliphatic hydroxyl groups excluding tert-OH is 1. The van der Waals surface area contributed by atoms with Gasteiger partial charge in [-0.25, -0.2) is 0 Å². The van der Waals surface area contributed by atoms with Crippen LogP contribution in [0.5, 0.6) is 0 Å². The van der Waals surface area contributed by atoms with Crippen LogP contribution < -0.4 is 5.32 Å². The first kappa shape index (κ1) is 9.06. The first-order chi connectivity index (χ1) is 6.31. The van der Waals surface area contributed by atoms with E-state index in [0.717, 1.165) is 12.1 Å². The second-order valence-electron chi connectivity index (χ2n) is 3.21. The molecule has 2 rings (SSSR count).